The molecule has 0 aromatic carbocycles. The second-order valence-electron chi connectivity index (χ2n) is 6.73. The lowest BCUT2D eigenvalue weighted by Crippen LogP contribution is -2.13. The number of unbranched alkanes of at least 4 members (excludes halogenated alkanes) is 10. The van der Waals surface area contributed by atoms with Gasteiger partial charge in [0.2, 0.25) is 0 Å². The average Bonchev–Trinajstić information content (AvgIpc) is 2.62. The minimum absolute atomic E-state index is 0.106. The molecule has 0 N–H and O–H groups in total. The molecule has 0 aliphatic heterocycles. The third-order valence-electron chi connectivity index (χ3n) is 4.24. The van der Waals surface area contributed by atoms with Crippen LogP contribution in [0.3, 0.4) is 0 Å². The number of hydrogen-bond acceptors (Lipinski definition) is 4. The molecule has 0 radical (unpaired) electrons. The average molecular weight is 359 g/mol. The lowest BCUT2D eigenvalue weighted by molar-refractivity contribution is -0.145. The largest absolute Gasteiger partial charge is 0.463 e. The van der Waals surface area contributed by atoms with Crippen molar-refractivity contribution in [3.05, 3.63) is 0 Å². The second-order valence-corrected chi connectivity index (χ2v) is 6.73. The van der Waals surface area contributed by atoms with Crippen LogP contribution in [-0.4, -0.2) is 39.0 Å². The Morgan fingerprint density at radius 3 is 1.68 bits per heavy atom. The van der Waals surface area contributed by atoms with Crippen molar-refractivity contribution in [1.29, 1.82) is 0 Å². The molecular weight excluding hydrogens is 316 g/mol. The first-order chi connectivity index (χ1) is 12.3. The standard InChI is InChI=1S/C21H42O4/c1-3-5-7-9-10-11-12-14-16-23-17-18-24-19-20-25-21(22)15-13-8-6-4-2/h3-20H2,1-2H3. The Labute approximate surface area is 156 Å². The molecule has 0 fully saturated rings. The first-order valence-electron chi connectivity index (χ1n) is 10.6. The molecule has 150 valence electrons. The molecule has 0 aliphatic carbocycles. The van der Waals surface area contributed by atoms with E-state index in [1.54, 1.807) is 0 Å². The maximum absolute atomic E-state index is 11.4. The number of esters is 1. The summed E-state index contributed by atoms with van der Waals surface area (Å²) < 4.78 is 16.1. The van der Waals surface area contributed by atoms with E-state index in [2.05, 4.69) is 13.8 Å². The summed E-state index contributed by atoms with van der Waals surface area (Å²) in [6, 6.07) is 0. The third kappa shape index (κ3) is 21.3. The number of carbonyl (C=O) groups is 1. The van der Waals surface area contributed by atoms with Crippen LogP contribution in [0.5, 0.6) is 0 Å². The zero-order chi connectivity index (χ0) is 18.4. The van der Waals surface area contributed by atoms with Gasteiger partial charge in [0.05, 0.1) is 19.8 Å². The van der Waals surface area contributed by atoms with E-state index in [1.165, 1.54) is 57.8 Å². The summed E-state index contributed by atoms with van der Waals surface area (Å²) in [6.07, 6.45) is 15.5. The molecule has 0 heterocycles. The van der Waals surface area contributed by atoms with Gasteiger partial charge in [0.1, 0.15) is 6.61 Å². The predicted octanol–water partition coefficient (Wildman–Crippen LogP) is 5.67. The molecule has 0 bridgehead atoms. The Hall–Kier alpha value is -0.610. The predicted molar refractivity (Wildman–Crippen MR) is 104 cm³/mol. The van der Waals surface area contributed by atoms with Gasteiger partial charge in [-0.25, -0.2) is 0 Å². The Morgan fingerprint density at radius 1 is 0.560 bits per heavy atom. The maximum atomic E-state index is 11.4. The SMILES string of the molecule is CCCCCCCCCCOCCOCCOC(=O)CCCCCC. The number of hydrogen-bond donors (Lipinski definition) is 0. The lowest BCUT2D eigenvalue weighted by atomic mass is 10.1. The van der Waals surface area contributed by atoms with Crippen molar-refractivity contribution in [3.8, 4) is 0 Å². The second kappa shape index (κ2) is 21.4. The molecule has 0 spiro atoms. The molecule has 0 aromatic rings. The van der Waals surface area contributed by atoms with Crippen molar-refractivity contribution < 1.29 is 19.0 Å². The normalized spacial score (nSPS) is 11.0. The van der Waals surface area contributed by atoms with Gasteiger partial charge in [-0.15, -0.1) is 0 Å². The van der Waals surface area contributed by atoms with Crippen LogP contribution < -0.4 is 0 Å². The van der Waals surface area contributed by atoms with Gasteiger partial charge in [-0.2, -0.15) is 0 Å². The number of ether oxygens (including phenoxy) is 3. The first-order valence-corrected chi connectivity index (χ1v) is 10.6. The monoisotopic (exact) mass is 358 g/mol. The van der Waals surface area contributed by atoms with Crippen molar-refractivity contribution in [2.24, 2.45) is 0 Å². The maximum Gasteiger partial charge on any atom is 0.305 e. The molecule has 4 heteroatoms. The van der Waals surface area contributed by atoms with Gasteiger partial charge in [-0.3, -0.25) is 4.79 Å². The first kappa shape index (κ1) is 24.4. The van der Waals surface area contributed by atoms with Crippen LogP contribution in [0.15, 0.2) is 0 Å². The van der Waals surface area contributed by atoms with Crippen molar-refractivity contribution in [2.45, 2.75) is 97.3 Å². The zero-order valence-electron chi connectivity index (χ0n) is 16.9. The quantitative estimate of drug-likeness (QED) is 0.208. The van der Waals surface area contributed by atoms with E-state index in [0.717, 1.165) is 25.9 Å². The van der Waals surface area contributed by atoms with Crippen molar-refractivity contribution >= 4 is 5.97 Å². The van der Waals surface area contributed by atoms with Gasteiger partial charge >= 0.3 is 5.97 Å². The fourth-order valence-electron chi connectivity index (χ4n) is 2.64. The van der Waals surface area contributed by atoms with E-state index in [4.69, 9.17) is 14.2 Å². The van der Waals surface area contributed by atoms with Crippen LogP contribution in [0.2, 0.25) is 0 Å². The van der Waals surface area contributed by atoms with E-state index >= 15 is 0 Å². The minimum atomic E-state index is -0.106. The smallest absolute Gasteiger partial charge is 0.305 e. The Kier molecular flexibility index (Phi) is 20.9. The summed E-state index contributed by atoms with van der Waals surface area (Å²) in [7, 11) is 0. The van der Waals surface area contributed by atoms with Crippen LogP contribution in [0.4, 0.5) is 0 Å². The molecule has 4 nitrogen and oxygen atoms in total. The zero-order valence-corrected chi connectivity index (χ0v) is 16.9. The van der Waals surface area contributed by atoms with Crippen LogP contribution in [0.25, 0.3) is 0 Å². The van der Waals surface area contributed by atoms with Gasteiger partial charge in [0.15, 0.2) is 0 Å². The summed E-state index contributed by atoms with van der Waals surface area (Å²) >= 11 is 0. The lowest BCUT2D eigenvalue weighted by Gasteiger charge is -2.07. The van der Waals surface area contributed by atoms with Gasteiger partial charge in [-0.1, -0.05) is 78.1 Å². The van der Waals surface area contributed by atoms with E-state index in [0.29, 0.717) is 32.8 Å². The number of carbonyl (C=O) groups excluding carboxylic acids is 1. The summed E-state index contributed by atoms with van der Waals surface area (Å²) in [6.45, 7) is 7.25. The topological polar surface area (TPSA) is 44.8 Å². The fourth-order valence-corrected chi connectivity index (χ4v) is 2.64. The summed E-state index contributed by atoms with van der Waals surface area (Å²) in [5.41, 5.74) is 0. The van der Waals surface area contributed by atoms with E-state index in [9.17, 15) is 4.79 Å². The van der Waals surface area contributed by atoms with Crippen molar-refractivity contribution in [1.82, 2.24) is 0 Å². The summed E-state index contributed by atoms with van der Waals surface area (Å²) in [5, 5.41) is 0. The molecule has 0 aromatic heterocycles. The van der Waals surface area contributed by atoms with Crippen LogP contribution in [-0.2, 0) is 19.0 Å². The van der Waals surface area contributed by atoms with Gasteiger partial charge < -0.3 is 14.2 Å². The minimum Gasteiger partial charge on any atom is -0.463 e. The third-order valence-corrected chi connectivity index (χ3v) is 4.24. The Balaban J connectivity index is 3.08. The summed E-state index contributed by atoms with van der Waals surface area (Å²) in [5.74, 6) is -0.106. The van der Waals surface area contributed by atoms with Gasteiger partial charge in [0, 0.05) is 13.0 Å². The highest BCUT2D eigenvalue weighted by molar-refractivity contribution is 5.69. The molecule has 0 saturated carbocycles. The van der Waals surface area contributed by atoms with E-state index in [-0.39, 0.29) is 5.97 Å². The Morgan fingerprint density at radius 2 is 1.04 bits per heavy atom. The molecule has 0 saturated heterocycles. The van der Waals surface area contributed by atoms with Crippen LogP contribution in [0, 0.1) is 0 Å². The summed E-state index contributed by atoms with van der Waals surface area (Å²) in [4.78, 5) is 11.4. The molecule has 0 amide bonds. The van der Waals surface area contributed by atoms with Gasteiger partial charge in [-0.05, 0) is 12.8 Å². The molecule has 25 heavy (non-hydrogen) atoms. The van der Waals surface area contributed by atoms with Crippen molar-refractivity contribution in [3.63, 3.8) is 0 Å². The molecule has 0 rings (SSSR count). The highest BCUT2D eigenvalue weighted by Gasteiger charge is 2.02. The molecule has 0 aliphatic rings. The fraction of sp³-hybridized carbons (Fsp3) is 0.952. The van der Waals surface area contributed by atoms with E-state index < -0.39 is 0 Å². The number of rotatable bonds is 20. The highest BCUT2D eigenvalue weighted by atomic mass is 16.6. The highest BCUT2D eigenvalue weighted by Crippen LogP contribution is 2.08. The van der Waals surface area contributed by atoms with E-state index in [1.807, 2.05) is 0 Å². The Bertz CT molecular complexity index is 269. The van der Waals surface area contributed by atoms with Gasteiger partial charge in [0.25, 0.3) is 0 Å². The van der Waals surface area contributed by atoms with Crippen LogP contribution >= 0.6 is 0 Å². The molecule has 0 unspecified atom stereocenters. The van der Waals surface area contributed by atoms with Crippen LogP contribution in [0.1, 0.15) is 97.3 Å². The molecular formula is C21H42O4. The molecule has 0 atom stereocenters. The van der Waals surface area contributed by atoms with Crippen molar-refractivity contribution in [2.75, 3.05) is 33.0 Å².